The third-order valence-electron chi connectivity index (χ3n) is 5.29. The number of carbonyl (C=O) groups excluding carboxylic acids is 1. The molecule has 1 amide bonds. The maximum atomic E-state index is 13.0. The third-order valence-corrected chi connectivity index (χ3v) is 8.62. The molecule has 0 N–H and O–H groups in total. The number of nitrogens with zero attached hydrogens (tertiary/aromatic N) is 3. The lowest BCUT2D eigenvalue weighted by molar-refractivity contribution is 0.0997. The van der Waals surface area contributed by atoms with Gasteiger partial charge in [-0.3, -0.25) is 9.10 Å². The fraction of sp³-hybridized carbons (Fsp3) is 0.167. The molecule has 0 aliphatic carbocycles. The second-order valence-electron chi connectivity index (χ2n) is 7.51. The third kappa shape index (κ3) is 5.29. The minimum absolute atomic E-state index is 0.0684. The van der Waals surface area contributed by atoms with Gasteiger partial charge in [-0.05, 0) is 48.5 Å². The van der Waals surface area contributed by atoms with Crippen molar-refractivity contribution in [1.29, 1.82) is 0 Å². The molecule has 7 nitrogen and oxygen atoms in total. The van der Waals surface area contributed by atoms with Crippen molar-refractivity contribution >= 4 is 66.4 Å². The number of halogens is 2. The van der Waals surface area contributed by atoms with E-state index in [1.165, 1.54) is 47.0 Å². The molecule has 1 heterocycles. The number of anilines is 1. The highest BCUT2D eigenvalue weighted by atomic mass is 35.5. The molecular formula is C24H21Cl2N3O4S2. The summed E-state index contributed by atoms with van der Waals surface area (Å²) < 4.78 is 35.0. The van der Waals surface area contributed by atoms with Crippen LogP contribution in [0.15, 0.2) is 76.6 Å². The molecule has 0 bridgehead atoms. The first-order chi connectivity index (χ1) is 16.7. The molecule has 0 saturated carbocycles. The normalized spacial score (nSPS) is 12.3. The van der Waals surface area contributed by atoms with Crippen molar-refractivity contribution in [3.8, 4) is 0 Å². The number of ether oxygens (including phenoxy) is 1. The Kier molecular flexibility index (Phi) is 7.63. The Bertz CT molecular complexity index is 1550. The molecule has 0 radical (unpaired) electrons. The van der Waals surface area contributed by atoms with E-state index >= 15 is 0 Å². The number of benzene rings is 3. The molecule has 4 aromatic rings. The van der Waals surface area contributed by atoms with E-state index in [0.29, 0.717) is 33.7 Å². The van der Waals surface area contributed by atoms with Gasteiger partial charge in [0.1, 0.15) is 0 Å². The van der Waals surface area contributed by atoms with Crippen LogP contribution in [0.25, 0.3) is 10.2 Å². The van der Waals surface area contributed by atoms with Gasteiger partial charge < -0.3 is 9.30 Å². The van der Waals surface area contributed by atoms with Gasteiger partial charge in [0, 0.05) is 31.3 Å². The summed E-state index contributed by atoms with van der Waals surface area (Å²) in [6, 6.07) is 17.9. The molecule has 0 fully saturated rings. The summed E-state index contributed by atoms with van der Waals surface area (Å²) in [6.07, 6.45) is 0. The maximum Gasteiger partial charge on any atom is 0.279 e. The second kappa shape index (κ2) is 10.5. The SMILES string of the molecule is COCCn1c(=NC(=O)c2ccc(S(=O)(=O)N(C)c3ccccc3)cc2)sc2cc(Cl)cc(Cl)c21. The standard InChI is InChI=1S/C24H21Cl2N3O4S2/c1-28(18-6-4-3-5-7-18)35(31,32)19-10-8-16(9-11-19)23(30)27-24-29(12-13-33-2)22-20(26)14-17(25)15-21(22)34-24/h3-11,14-15H,12-13H2,1-2H3. The molecule has 0 saturated heterocycles. The Balaban J connectivity index is 1.68. The zero-order valence-corrected chi connectivity index (χ0v) is 22.0. The van der Waals surface area contributed by atoms with Crippen molar-refractivity contribution in [3.63, 3.8) is 0 Å². The smallest absolute Gasteiger partial charge is 0.279 e. The molecule has 0 aliphatic heterocycles. The highest BCUT2D eigenvalue weighted by molar-refractivity contribution is 7.92. The van der Waals surface area contributed by atoms with Gasteiger partial charge in [0.15, 0.2) is 4.80 Å². The van der Waals surface area contributed by atoms with Gasteiger partial charge in [0.05, 0.1) is 32.4 Å². The zero-order valence-electron chi connectivity index (χ0n) is 18.8. The van der Waals surface area contributed by atoms with Gasteiger partial charge in [0.2, 0.25) is 0 Å². The summed E-state index contributed by atoms with van der Waals surface area (Å²) in [4.78, 5) is 17.8. The molecular weight excluding hydrogens is 529 g/mol. The predicted molar refractivity (Wildman–Crippen MR) is 140 cm³/mol. The zero-order chi connectivity index (χ0) is 25.2. The topological polar surface area (TPSA) is 81.0 Å². The fourth-order valence-electron chi connectivity index (χ4n) is 3.46. The Morgan fingerprint density at radius 3 is 2.43 bits per heavy atom. The summed E-state index contributed by atoms with van der Waals surface area (Å²) in [7, 11) is -0.722. The first-order valence-corrected chi connectivity index (χ1v) is 13.4. The average Bonchev–Trinajstić information content (AvgIpc) is 3.19. The average molecular weight is 550 g/mol. The van der Waals surface area contributed by atoms with Crippen LogP contribution in [0.2, 0.25) is 10.0 Å². The number of carbonyl (C=O) groups is 1. The van der Waals surface area contributed by atoms with Gasteiger partial charge >= 0.3 is 0 Å². The van der Waals surface area contributed by atoms with E-state index in [2.05, 4.69) is 4.99 Å². The molecule has 0 unspecified atom stereocenters. The molecule has 0 spiro atoms. The Hall–Kier alpha value is -2.69. The minimum Gasteiger partial charge on any atom is -0.383 e. The van der Waals surface area contributed by atoms with Crippen LogP contribution >= 0.6 is 34.5 Å². The number of sulfonamides is 1. The molecule has 0 aliphatic rings. The van der Waals surface area contributed by atoms with Crippen LogP contribution < -0.4 is 9.11 Å². The summed E-state index contributed by atoms with van der Waals surface area (Å²) in [5.41, 5.74) is 1.51. The number of methoxy groups -OCH3 is 1. The van der Waals surface area contributed by atoms with Crippen LogP contribution in [0.4, 0.5) is 5.69 Å². The number of aromatic nitrogens is 1. The predicted octanol–water partition coefficient (Wildman–Crippen LogP) is 5.22. The lowest BCUT2D eigenvalue weighted by Crippen LogP contribution is -2.26. The van der Waals surface area contributed by atoms with Crippen molar-refractivity contribution in [2.24, 2.45) is 4.99 Å². The van der Waals surface area contributed by atoms with E-state index in [9.17, 15) is 13.2 Å². The second-order valence-corrected chi connectivity index (χ2v) is 11.3. The van der Waals surface area contributed by atoms with Crippen LogP contribution in [-0.4, -0.2) is 39.7 Å². The van der Waals surface area contributed by atoms with Crippen molar-refractivity contribution in [2.75, 3.05) is 25.1 Å². The highest BCUT2D eigenvalue weighted by Gasteiger charge is 2.21. The summed E-state index contributed by atoms with van der Waals surface area (Å²) >= 11 is 13.8. The quantitative estimate of drug-likeness (QED) is 0.316. The van der Waals surface area contributed by atoms with Crippen LogP contribution in [0, 0.1) is 0 Å². The van der Waals surface area contributed by atoms with Crippen LogP contribution in [0.1, 0.15) is 10.4 Å². The molecule has 182 valence electrons. The monoisotopic (exact) mass is 549 g/mol. The van der Waals surface area contributed by atoms with Crippen molar-refractivity contribution in [1.82, 2.24) is 4.57 Å². The van der Waals surface area contributed by atoms with Crippen LogP contribution in [0.3, 0.4) is 0 Å². The van der Waals surface area contributed by atoms with Crippen LogP contribution in [0.5, 0.6) is 0 Å². The first-order valence-electron chi connectivity index (χ1n) is 10.4. The molecule has 3 aromatic carbocycles. The van der Waals surface area contributed by atoms with Crippen molar-refractivity contribution in [2.45, 2.75) is 11.4 Å². The van der Waals surface area contributed by atoms with E-state index < -0.39 is 15.9 Å². The maximum absolute atomic E-state index is 13.0. The Morgan fingerprint density at radius 2 is 1.77 bits per heavy atom. The molecule has 1 aromatic heterocycles. The Morgan fingerprint density at radius 1 is 1.09 bits per heavy atom. The Labute approximate surface area is 216 Å². The fourth-order valence-corrected chi connectivity index (χ4v) is 6.49. The van der Waals surface area contributed by atoms with Gasteiger partial charge in [-0.1, -0.05) is 52.7 Å². The largest absolute Gasteiger partial charge is 0.383 e. The van der Waals surface area contributed by atoms with E-state index in [1.807, 2.05) is 10.6 Å². The van der Waals surface area contributed by atoms with Crippen molar-refractivity contribution in [3.05, 3.63) is 87.1 Å². The van der Waals surface area contributed by atoms with E-state index in [1.54, 1.807) is 43.5 Å². The van der Waals surface area contributed by atoms with Gasteiger partial charge in [0.25, 0.3) is 15.9 Å². The van der Waals surface area contributed by atoms with Crippen molar-refractivity contribution < 1.29 is 17.9 Å². The first kappa shape index (κ1) is 25.4. The summed E-state index contributed by atoms with van der Waals surface area (Å²) in [5, 5.41) is 0.934. The molecule has 4 rings (SSSR count). The minimum atomic E-state index is -3.79. The summed E-state index contributed by atoms with van der Waals surface area (Å²) in [5.74, 6) is -0.509. The number of hydrogen-bond donors (Lipinski definition) is 0. The number of rotatable bonds is 7. The highest BCUT2D eigenvalue weighted by Crippen LogP contribution is 2.30. The number of thiazole rings is 1. The number of fused-ring (bicyclic) bond motifs is 1. The molecule has 35 heavy (non-hydrogen) atoms. The molecule has 11 heteroatoms. The summed E-state index contributed by atoms with van der Waals surface area (Å²) in [6.45, 7) is 0.834. The number of para-hydroxylation sites is 1. The lowest BCUT2D eigenvalue weighted by Gasteiger charge is -2.19. The van der Waals surface area contributed by atoms with E-state index in [-0.39, 0.29) is 10.5 Å². The van der Waals surface area contributed by atoms with E-state index in [0.717, 1.165) is 10.2 Å². The number of hydrogen-bond acceptors (Lipinski definition) is 5. The van der Waals surface area contributed by atoms with Crippen LogP contribution in [-0.2, 0) is 21.3 Å². The lowest BCUT2D eigenvalue weighted by atomic mass is 10.2. The van der Waals surface area contributed by atoms with Gasteiger partial charge in [-0.25, -0.2) is 8.42 Å². The van der Waals surface area contributed by atoms with E-state index in [4.69, 9.17) is 27.9 Å². The molecule has 0 atom stereocenters. The van der Waals surface area contributed by atoms with Gasteiger partial charge in [-0.15, -0.1) is 0 Å². The van der Waals surface area contributed by atoms with Gasteiger partial charge in [-0.2, -0.15) is 4.99 Å². The number of amides is 1.